The van der Waals surface area contributed by atoms with E-state index in [9.17, 15) is 19.7 Å². The van der Waals surface area contributed by atoms with Gasteiger partial charge < -0.3 is 33.5 Å². The maximum atomic E-state index is 14.5. The molecule has 50 heavy (non-hydrogen) atoms. The third-order valence-corrected chi connectivity index (χ3v) is 7.75. The zero-order valence-corrected chi connectivity index (χ0v) is 30.7. The number of carbonyl (C=O) groups is 2. The van der Waals surface area contributed by atoms with E-state index in [4.69, 9.17) is 23.7 Å². The monoisotopic (exact) mass is 697 g/mol. The van der Waals surface area contributed by atoms with Gasteiger partial charge in [-0.2, -0.15) is 0 Å². The Kier molecular flexibility index (Phi) is 17.5. The second-order valence-electron chi connectivity index (χ2n) is 13.2. The minimum atomic E-state index is -0.678. The van der Waals surface area contributed by atoms with Crippen LogP contribution in [-0.4, -0.2) is 91.5 Å². The van der Waals surface area contributed by atoms with E-state index in [0.29, 0.717) is 13.2 Å². The summed E-state index contributed by atoms with van der Waals surface area (Å²) in [5.41, 5.74) is 0.0995. The number of benzene rings is 2. The molecule has 0 fully saturated rings. The van der Waals surface area contributed by atoms with E-state index < -0.39 is 34.7 Å². The summed E-state index contributed by atoms with van der Waals surface area (Å²) < 4.78 is 29.0. The second kappa shape index (κ2) is 20.9. The van der Waals surface area contributed by atoms with Crippen molar-refractivity contribution in [3.63, 3.8) is 0 Å². The van der Waals surface area contributed by atoms with E-state index in [1.54, 1.807) is 45.9 Å². The summed E-state index contributed by atoms with van der Waals surface area (Å²) >= 11 is 0. The second-order valence-corrected chi connectivity index (χ2v) is 13.2. The smallest absolute Gasteiger partial charge is 0.410 e. The number of allylic oxidation sites excluding steroid dienone is 1. The molecular weight excluding hydrogens is 642 g/mol. The summed E-state index contributed by atoms with van der Waals surface area (Å²) in [5, 5.41) is 11.8. The molecule has 0 spiro atoms. The van der Waals surface area contributed by atoms with Crippen LogP contribution in [-0.2, 0) is 20.8 Å². The lowest BCUT2D eigenvalue weighted by Crippen LogP contribution is -2.48. The zero-order valence-electron chi connectivity index (χ0n) is 30.7. The van der Waals surface area contributed by atoms with Crippen molar-refractivity contribution in [3.8, 4) is 11.5 Å². The van der Waals surface area contributed by atoms with Gasteiger partial charge in [0.15, 0.2) is 0 Å². The van der Waals surface area contributed by atoms with Gasteiger partial charge >= 0.3 is 6.09 Å². The fourth-order valence-corrected chi connectivity index (χ4v) is 4.97. The van der Waals surface area contributed by atoms with Crippen LogP contribution in [0.3, 0.4) is 0 Å². The van der Waals surface area contributed by atoms with Crippen molar-refractivity contribution < 1.29 is 38.2 Å². The predicted molar refractivity (Wildman–Crippen MR) is 194 cm³/mol. The van der Waals surface area contributed by atoms with E-state index in [-0.39, 0.29) is 49.2 Å². The molecule has 0 bridgehead atoms. The van der Waals surface area contributed by atoms with Gasteiger partial charge in [-0.3, -0.25) is 14.9 Å². The first-order chi connectivity index (χ1) is 23.7. The van der Waals surface area contributed by atoms with Crippen LogP contribution in [0.5, 0.6) is 11.5 Å². The molecule has 0 saturated carbocycles. The molecule has 0 aromatic heterocycles. The highest BCUT2D eigenvalue weighted by Crippen LogP contribution is 2.28. The molecule has 2 rings (SSSR count). The summed E-state index contributed by atoms with van der Waals surface area (Å²) in [6.45, 7) is 18.1. The summed E-state index contributed by atoms with van der Waals surface area (Å²) in [5.74, 6) is 0.223. The molecule has 2 amide bonds. The van der Waals surface area contributed by atoms with Gasteiger partial charge in [-0.1, -0.05) is 31.2 Å². The van der Waals surface area contributed by atoms with Crippen LogP contribution >= 0.6 is 0 Å². The summed E-state index contributed by atoms with van der Waals surface area (Å²) in [4.78, 5) is 41.6. The van der Waals surface area contributed by atoms with Gasteiger partial charge in [0.1, 0.15) is 17.1 Å². The fraction of sp³-hybridized carbons (Fsp3) is 0.526. The number of non-ortho nitro benzene ring substituents is 1. The molecule has 0 N–H and O–H groups in total. The first-order valence-corrected chi connectivity index (χ1v) is 16.9. The number of nitro groups is 1. The van der Waals surface area contributed by atoms with E-state index >= 15 is 0 Å². The predicted octanol–water partition coefficient (Wildman–Crippen LogP) is 7.46. The van der Waals surface area contributed by atoms with Crippen LogP contribution < -0.4 is 9.47 Å². The number of nitrogens with zero attached hydrogens (tertiary/aromatic N) is 3. The van der Waals surface area contributed by atoms with Gasteiger partial charge in [0.05, 0.1) is 62.7 Å². The number of methoxy groups -OCH3 is 1. The molecular formula is C38H55N3O9. The Labute approximate surface area is 297 Å². The Morgan fingerprint density at radius 2 is 1.72 bits per heavy atom. The minimum absolute atomic E-state index is 0.0755. The van der Waals surface area contributed by atoms with Gasteiger partial charge in [0, 0.05) is 31.6 Å². The van der Waals surface area contributed by atoms with Gasteiger partial charge in [-0.15, -0.1) is 13.2 Å². The van der Waals surface area contributed by atoms with Crippen molar-refractivity contribution in [2.24, 2.45) is 5.92 Å². The van der Waals surface area contributed by atoms with Gasteiger partial charge in [0.25, 0.3) is 11.6 Å². The average molecular weight is 698 g/mol. The van der Waals surface area contributed by atoms with Gasteiger partial charge in [-0.05, 0) is 70.7 Å². The molecule has 0 aliphatic carbocycles. The number of ether oxygens (including phenoxy) is 5. The quantitative estimate of drug-likeness (QED) is 0.0533. The van der Waals surface area contributed by atoms with Crippen LogP contribution in [0, 0.1) is 16.0 Å². The van der Waals surface area contributed by atoms with Crippen LogP contribution in [0.1, 0.15) is 69.8 Å². The summed E-state index contributed by atoms with van der Waals surface area (Å²) in [7, 11) is 3.23. The van der Waals surface area contributed by atoms with E-state index in [2.05, 4.69) is 13.2 Å². The molecule has 276 valence electrons. The highest BCUT2D eigenvalue weighted by atomic mass is 16.6. The molecule has 0 heterocycles. The van der Waals surface area contributed by atoms with Crippen LogP contribution in [0.4, 0.5) is 10.5 Å². The lowest BCUT2D eigenvalue weighted by Gasteiger charge is -2.36. The maximum absolute atomic E-state index is 14.5. The first kappa shape index (κ1) is 41.7. The third kappa shape index (κ3) is 14.2. The average Bonchev–Trinajstić information content (AvgIpc) is 3.07. The summed E-state index contributed by atoms with van der Waals surface area (Å²) in [6.07, 6.45) is 4.84. The molecule has 0 saturated heterocycles. The van der Waals surface area contributed by atoms with Crippen LogP contribution in [0.2, 0.25) is 0 Å². The molecule has 2 aromatic carbocycles. The Morgan fingerprint density at radius 1 is 1.02 bits per heavy atom. The number of rotatable bonds is 22. The van der Waals surface area contributed by atoms with Crippen molar-refractivity contribution in [1.29, 1.82) is 0 Å². The Morgan fingerprint density at radius 3 is 2.32 bits per heavy atom. The molecule has 0 radical (unpaired) electrons. The SMILES string of the molecule is C=CCCCCOc1ccc([N+](=O)[O-])cc1C(=O)N(C[C@@H](C)[C@H](CN(C)C(=O)OC(C)(C)C)OCC=C)[C@@H](C)COCc1ccc(OC)cc1. The number of carbonyl (C=O) groups excluding carboxylic acids is 2. The standard InChI is InChI=1S/C38H55N3O9/c1-10-12-13-14-22-49-34-20-17-31(41(44)45)23-33(34)36(42)40(29(4)26-47-27-30-15-18-32(46-9)19-16-30)24-28(3)35(48-21-11-2)25-39(8)37(43)50-38(5,6)7/h10-11,15-20,23,28-29,35H,1-2,12-14,21-22,24-27H2,3-9H3/t28-,29+,35+/m1/s1. The van der Waals surface area contributed by atoms with Crippen molar-refractivity contribution in [2.75, 3.05) is 47.1 Å². The minimum Gasteiger partial charge on any atom is -0.497 e. The van der Waals surface area contributed by atoms with Crippen molar-refractivity contribution in [2.45, 2.75) is 78.2 Å². The summed E-state index contributed by atoms with van der Waals surface area (Å²) in [6, 6.07) is 11.1. The van der Waals surface area contributed by atoms with E-state index in [1.165, 1.54) is 23.1 Å². The van der Waals surface area contributed by atoms with E-state index in [1.807, 2.05) is 44.2 Å². The number of hydrogen-bond acceptors (Lipinski definition) is 9. The zero-order chi connectivity index (χ0) is 37.3. The van der Waals surface area contributed by atoms with E-state index in [0.717, 1.165) is 30.6 Å². The van der Waals surface area contributed by atoms with Crippen molar-refractivity contribution >= 4 is 17.7 Å². The highest BCUT2D eigenvalue weighted by molar-refractivity contribution is 5.98. The van der Waals surface area contributed by atoms with Crippen molar-refractivity contribution in [3.05, 3.63) is 89.0 Å². The number of nitro benzene ring substituents is 1. The topological polar surface area (TPSA) is 130 Å². The molecule has 12 heteroatoms. The molecule has 0 aliphatic rings. The number of hydrogen-bond donors (Lipinski definition) is 0. The number of likely N-dealkylation sites (N-methyl/N-ethyl adjacent to an activating group) is 1. The number of amides is 2. The highest BCUT2D eigenvalue weighted by Gasteiger charge is 2.32. The normalized spacial score (nSPS) is 13.0. The Bertz CT molecular complexity index is 1390. The first-order valence-electron chi connectivity index (χ1n) is 16.9. The fourth-order valence-electron chi connectivity index (χ4n) is 4.97. The molecule has 0 unspecified atom stereocenters. The Balaban J connectivity index is 2.42. The van der Waals surface area contributed by atoms with Gasteiger partial charge in [-0.25, -0.2) is 4.79 Å². The molecule has 2 aromatic rings. The van der Waals surface area contributed by atoms with Crippen LogP contribution in [0.15, 0.2) is 67.8 Å². The maximum Gasteiger partial charge on any atom is 0.410 e. The Hall–Kier alpha value is -4.42. The lowest BCUT2D eigenvalue weighted by molar-refractivity contribution is -0.384. The molecule has 0 aliphatic heterocycles. The lowest BCUT2D eigenvalue weighted by atomic mass is 10.0. The third-order valence-electron chi connectivity index (χ3n) is 7.75. The molecule has 3 atom stereocenters. The van der Waals surface area contributed by atoms with Crippen LogP contribution in [0.25, 0.3) is 0 Å². The van der Waals surface area contributed by atoms with Crippen molar-refractivity contribution in [1.82, 2.24) is 9.80 Å². The largest absolute Gasteiger partial charge is 0.497 e. The van der Waals surface area contributed by atoms with Gasteiger partial charge in [0.2, 0.25) is 0 Å². The number of unbranched alkanes of at least 4 members (excludes halogenated alkanes) is 2. The molecule has 12 nitrogen and oxygen atoms in total.